The molecular weight excluding hydrogens is 253 g/mol. The zero-order valence-corrected chi connectivity index (χ0v) is 13.0. The van der Waals surface area contributed by atoms with E-state index in [1.165, 1.54) is 0 Å². The van der Waals surface area contributed by atoms with Gasteiger partial charge in [0, 0.05) is 43.0 Å². The van der Waals surface area contributed by atoms with Crippen molar-refractivity contribution in [2.45, 2.75) is 39.4 Å². The van der Waals surface area contributed by atoms with Gasteiger partial charge in [-0.3, -0.25) is 4.90 Å². The molecule has 1 aliphatic heterocycles. The van der Waals surface area contributed by atoms with Crippen molar-refractivity contribution >= 4 is 5.69 Å². The summed E-state index contributed by atoms with van der Waals surface area (Å²) in [6, 6.07) is 6.37. The Hall–Kier alpha value is -1.13. The molecule has 0 bridgehead atoms. The van der Waals surface area contributed by atoms with Gasteiger partial charge in [0.15, 0.2) is 0 Å². The maximum Gasteiger partial charge on any atom is 0.129 e. The lowest BCUT2D eigenvalue weighted by atomic mass is 10.1. The van der Waals surface area contributed by atoms with Crippen molar-refractivity contribution in [3.8, 4) is 0 Å². The number of benzene rings is 1. The molecule has 1 saturated heterocycles. The second kappa shape index (κ2) is 6.55. The lowest BCUT2D eigenvalue weighted by Gasteiger charge is -2.44. The smallest absolute Gasteiger partial charge is 0.129 e. The number of halogens is 1. The molecule has 0 spiro atoms. The van der Waals surface area contributed by atoms with Crippen LogP contribution >= 0.6 is 0 Å². The summed E-state index contributed by atoms with van der Waals surface area (Å²) in [4.78, 5) is 4.71. The summed E-state index contributed by atoms with van der Waals surface area (Å²) in [7, 11) is 2.16. The fourth-order valence-corrected chi connectivity index (χ4v) is 2.87. The third kappa shape index (κ3) is 3.13. The van der Waals surface area contributed by atoms with E-state index < -0.39 is 0 Å². The van der Waals surface area contributed by atoms with Crippen LogP contribution in [0.2, 0.25) is 0 Å². The molecule has 1 aromatic rings. The number of piperazine rings is 1. The summed E-state index contributed by atoms with van der Waals surface area (Å²) < 4.78 is 14.1. The van der Waals surface area contributed by atoms with Crippen LogP contribution in [0.1, 0.15) is 26.3 Å². The maximum absolute atomic E-state index is 14.1. The highest BCUT2D eigenvalue weighted by molar-refractivity contribution is 5.55. The second-order valence-electron chi connectivity index (χ2n) is 5.79. The van der Waals surface area contributed by atoms with E-state index in [4.69, 9.17) is 0 Å². The Bertz CT molecular complexity index is 437. The zero-order valence-electron chi connectivity index (χ0n) is 13.0. The molecular formula is C16H26FN3. The lowest BCUT2D eigenvalue weighted by Crippen LogP contribution is -2.55. The molecule has 0 radical (unpaired) electrons. The van der Waals surface area contributed by atoms with Crippen LogP contribution in [0.5, 0.6) is 0 Å². The molecule has 2 unspecified atom stereocenters. The third-order valence-corrected chi connectivity index (χ3v) is 4.35. The topological polar surface area (TPSA) is 18.5 Å². The van der Waals surface area contributed by atoms with Crippen LogP contribution in [0.15, 0.2) is 18.2 Å². The average Bonchev–Trinajstić information content (AvgIpc) is 2.42. The van der Waals surface area contributed by atoms with Crippen molar-refractivity contribution < 1.29 is 4.39 Å². The number of anilines is 1. The van der Waals surface area contributed by atoms with E-state index >= 15 is 0 Å². The highest BCUT2D eigenvalue weighted by Gasteiger charge is 2.28. The lowest BCUT2D eigenvalue weighted by molar-refractivity contribution is 0.170. The number of rotatable bonds is 4. The van der Waals surface area contributed by atoms with Gasteiger partial charge in [-0.1, -0.05) is 13.0 Å². The molecule has 0 aromatic heterocycles. The third-order valence-electron chi connectivity index (χ3n) is 4.35. The fourth-order valence-electron chi connectivity index (χ4n) is 2.87. The molecule has 112 valence electrons. The second-order valence-corrected chi connectivity index (χ2v) is 5.79. The average molecular weight is 279 g/mol. The van der Waals surface area contributed by atoms with Crippen LogP contribution in [-0.2, 0) is 6.54 Å². The van der Waals surface area contributed by atoms with Crippen molar-refractivity contribution in [3.05, 3.63) is 29.6 Å². The van der Waals surface area contributed by atoms with Crippen LogP contribution in [0.4, 0.5) is 10.1 Å². The monoisotopic (exact) mass is 279 g/mol. The molecule has 20 heavy (non-hydrogen) atoms. The van der Waals surface area contributed by atoms with Gasteiger partial charge < -0.3 is 10.2 Å². The highest BCUT2D eigenvalue weighted by atomic mass is 19.1. The van der Waals surface area contributed by atoms with Gasteiger partial charge in [-0.25, -0.2) is 4.39 Å². The molecule has 1 fully saturated rings. The van der Waals surface area contributed by atoms with Crippen molar-refractivity contribution in [3.63, 3.8) is 0 Å². The summed E-state index contributed by atoms with van der Waals surface area (Å²) in [6.45, 7) is 9.84. The maximum atomic E-state index is 14.1. The van der Waals surface area contributed by atoms with Gasteiger partial charge in [-0.2, -0.15) is 0 Å². The minimum absolute atomic E-state index is 0.109. The molecule has 2 rings (SSSR count). The Kier molecular flexibility index (Phi) is 5.00. The summed E-state index contributed by atoms with van der Waals surface area (Å²) >= 11 is 0. The molecule has 0 amide bonds. The van der Waals surface area contributed by atoms with Crippen LogP contribution < -0.4 is 10.2 Å². The van der Waals surface area contributed by atoms with Gasteiger partial charge >= 0.3 is 0 Å². The quantitative estimate of drug-likeness (QED) is 0.913. The van der Waals surface area contributed by atoms with E-state index in [-0.39, 0.29) is 5.82 Å². The summed E-state index contributed by atoms with van der Waals surface area (Å²) in [6.07, 6.45) is 0. The molecule has 1 aliphatic rings. The van der Waals surface area contributed by atoms with E-state index in [2.05, 4.69) is 36.0 Å². The van der Waals surface area contributed by atoms with Crippen molar-refractivity contribution in [2.24, 2.45) is 0 Å². The van der Waals surface area contributed by atoms with Crippen LogP contribution in [-0.4, -0.2) is 43.7 Å². The van der Waals surface area contributed by atoms with Gasteiger partial charge in [-0.15, -0.1) is 0 Å². The molecule has 0 saturated carbocycles. The van der Waals surface area contributed by atoms with Crippen molar-refractivity contribution in [2.75, 3.05) is 31.6 Å². The van der Waals surface area contributed by atoms with Crippen molar-refractivity contribution in [1.29, 1.82) is 0 Å². The summed E-state index contributed by atoms with van der Waals surface area (Å²) in [5, 5.41) is 3.24. The van der Waals surface area contributed by atoms with Crippen LogP contribution in [0, 0.1) is 5.82 Å². The van der Waals surface area contributed by atoms with E-state index in [9.17, 15) is 4.39 Å². The van der Waals surface area contributed by atoms with Crippen LogP contribution in [0.3, 0.4) is 0 Å². The van der Waals surface area contributed by atoms with Crippen molar-refractivity contribution in [1.82, 2.24) is 10.2 Å². The fraction of sp³-hybridized carbons (Fsp3) is 0.625. The number of hydrogen-bond donors (Lipinski definition) is 1. The Balaban J connectivity index is 2.25. The van der Waals surface area contributed by atoms with Gasteiger partial charge in [0.1, 0.15) is 5.82 Å². The van der Waals surface area contributed by atoms with Crippen LogP contribution in [0.25, 0.3) is 0 Å². The molecule has 1 N–H and O–H groups in total. The molecule has 1 heterocycles. The zero-order chi connectivity index (χ0) is 14.7. The largest absolute Gasteiger partial charge is 0.368 e. The first kappa shape index (κ1) is 15.3. The Morgan fingerprint density at radius 1 is 1.25 bits per heavy atom. The molecule has 1 aromatic carbocycles. The number of nitrogens with zero attached hydrogens (tertiary/aromatic N) is 2. The summed E-state index contributed by atoms with van der Waals surface area (Å²) in [5.41, 5.74) is 1.83. The minimum atomic E-state index is -0.109. The predicted molar refractivity (Wildman–Crippen MR) is 82.7 cm³/mol. The van der Waals surface area contributed by atoms with Gasteiger partial charge in [-0.05, 0) is 39.6 Å². The van der Waals surface area contributed by atoms with E-state index in [0.29, 0.717) is 18.6 Å². The Morgan fingerprint density at radius 2 is 1.90 bits per heavy atom. The Morgan fingerprint density at radius 3 is 2.50 bits per heavy atom. The predicted octanol–water partition coefficient (Wildman–Crippen LogP) is 2.46. The number of hydrogen-bond acceptors (Lipinski definition) is 3. The first-order valence-corrected chi connectivity index (χ1v) is 7.49. The Labute approximate surface area is 121 Å². The highest BCUT2D eigenvalue weighted by Crippen LogP contribution is 2.27. The molecule has 0 aliphatic carbocycles. The SMILES string of the molecule is CCNCc1c(F)cccc1N1CC(C)N(C)C(C)C1. The summed E-state index contributed by atoms with van der Waals surface area (Å²) in [5.74, 6) is -0.109. The number of likely N-dealkylation sites (N-methyl/N-ethyl adjacent to an activating group) is 1. The van der Waals surface area contributed by atoms with E-state index in [1.807, 2.05) is 19.1 Å². The van der Waals surface area contributed by atoms with E-state index in [1.54, 1.807) is 6.07 Å². The number of nitrogens with one attached hydrogen (secondary N) is 1. The van der Waals surface area contributed by atoms with Gasteiger partial charge in [0.25, 0.3) is 0 Å². The molecule has 4 heteroatoms. The standard InChI is InChI=1S/C16H26FN3/c1-5-18-9-14-15(17)7-6-8-16(14)20-10-12(2)19(4)13(3)11-20/h6-8,12-13,18H,5,9-11H2,1-4H3. The minimum Gasteiger partial charge on any atom is -0.368 e. The molecule has 3 nitrogen and oxygen atoms in total. The van der Waals surface area contributed by atoms with Gasteiger partial charge in [0.2, 0.25) is 0 Å². The first-order chi connectivity index (χ1) is 9.54. The molecule has 2 atom stereocenters. The van der Waals surface area contributed by atoms with Gasteiger partial charge in [0.05, 0.1) is 0 Å². The first-order valence-electron chi connectivity index (χ1n) is 7.49. The normalized spacial score (nSPS) is 24.1. The van der Waals surface area contributed by atoms with E-state index in [0.717, 1.165) is 30.9 Å².